The molecule has 0 aliphatic heterocycles. The van der Waals surface area contributed by atoms with Gasteiger partial charge >= 0.3 is 0 Å². The molecule has 2 aromatic carbocycles. The van der Waals surface area contributed by atoms with Gasteiger partial charge in [-0.05, 0) is 23.8 Å². The van der Waals surface area contributed by atoms with Crippen molar-refractivity contribution in [3.63, 3.8) is 0 Å². The molecular formula is C14H13N3. The van der Waals surface area contributed by atoms with Gasteiger partial charge in [0.2, 0.25) is 0 Å². The molecule has 84 valence electrons. The number of hydrogen-bond donors (Lipinski definition) is 1. The highest BCUT2D eigenvalue weighted by Gasteiger charge is 2.04. The lowest BCUT2D eigenvalue weighted by molar-refractivity contribution is 0.909. The molecule has 0 aliphatic carbocycles. The van der Waals surface area contributed by atoms with Crippen molar-refractivity contribution in [1.82, 2.24) is 9.78 Å². The van der Waals surface area contributed by atoms with Gasteiger partial charge < -0.3 is 5.73 Å². The zero-order valence-electron chi connectivity index (χ0n) is 9.38. The van der Waals surface area contributed by atoms with E-state index in [1.165, 1.54) is 0 Å². The highest BCUT2D eigenvalue weighted by atomic mass is 15.3. The van der Waals surface area contributed by atoms with E-state index in [0.29, 0.717) is 6.54 Å². The minimum absolute atomic E-state index is 0.551. The summed E-state index contributed by atoms with van der Waals surface area (Å²) in [5.74, 6) is 0. The van der Waals surface area contributed by atoms with Crippen molar-refractivity contribution in [2.45, 2.75) is 6.54 Å². The summed E-state index contributed by atoms with van der Waals surface area (Å²) in [6, 6.07) is 16.3. The van der Waals surface area contributed by atoms with Gasteiger partial charge in [0.25, 0.3) is 0 Å². The standard InChI is InChI=1S/C14H13N3/c15-9-11-6-7-12-10-16-17(14(12)8-11)13-4-2-1-3-5-13/h1-8,10H,9,15H2. The van der Waals surface area contributed by atoms with Crippen LogP contribution in [0, 0.1) is 0 Å². The molecule has 0 radical (unpaired) electrons. The molecule has 0 spiro atoms. The number of rotatable bonds is 2. The van der Waals surface area contributed by atoms with Crippen molar-refractivity contribution in [3.8, 4) is 5.69 Å². The lowest BCUT2D eigenvalue weighted by Crippen LogP contribution is -1.98. The van der Waals surface area contributed by atoms with Crippen molar-refractivity contribution < 1.29 is 0 Å². The van der Waals surface area contributed by atoms with Gasteiger partial charge in [-0.3, -0.25) is 0 Å². The first-order valence-corrected chi connectivity index (χ1v) is 5.60. The van der Waals surface area contributed by atoms with E-state index >= 15 is 0 Å². The first-order chi connectivity index (χ1) is 8.38. The number of para-hydroxylation sites is 1. The Morgan fingerprint density at radius 3 is 2.65 bits per heavy atom. The lowest BCUT2D eigenvalue weighted by atomic mass is 10.1. The molecule has 2 N–H and O–H groups in total. The van der Waals surface area contributed by atoms with Crippen molar-refractivity contribution in [1.29, 1.82) is 0 Å². The molecule has 0 saturated carbocycles. The van der Waals surface area contributed by atoms with Gasteiger partial charge in [-0.2, -0.15) is 5.10 Å². The number of fused-ring (bicyclic) bond motifs is 1. The molecule has 0 fully saturated rings. The predicted octanol–water partition coefficient (Wildman–Crippen LogP) is 2.48. The number of nitrogens with two attached hydrogens (primary N) is 1. The second kappa shape index (κ2) is 4.03. The molecule has 0 amide bonds. The van der Waals surface area contributed by atoms with Gasteiger partial charge in [0, 0.05) is 11.9 Å². The summed E-state index contributed by atoms with van der Waals surface area (Å²) in [5, 5.41) is 5.55. The molecular weight excluding hydrogens is 210 g/mol. The van der Waals surface area contributed by atoms with E-state index in [2.05, 4.69) is 17.2 Å². The Morgan fingerprint density at radius 2 is 1.88 bits per heavy atom. The third-order valence-corrected chi connectivity index (χ3v) is 2.87. The van der Waals surface area contributed by atoms with Crippen molar-refractivity contribution >= 4 is 10.9 Å². The van der Waals surface area contributed by atoms with Gasteiger partial charge in [0.15, 0.2) is 0 Å². The van der Waals surface area contributed by atoms with Crippen molar-refractivity contribution in [2.24, 2.45) is 5.73 Å². The van der Waals surface area contributed by atoms with Crippen LogP contribution in [0.15, 0.2) is 54.7 Å². The van der Waals surface area contributed by atoms with Gasteiger partial charge in [0.1, 0.15) is 0 Å². The van der Waals surface area contributed by atoms with Crippen LogP contribution in [0.3, 0.4) is 0 Å². The predicted molar refractivity (Wildman–Crippen MR) is 69.0 cm³/mol. The Bertz CT molecular complexity index is 641. The SMILES string of the molecule is NCc1ccc2cnn(-c3ccccc3)c2c1. The molecule has 3 heteroatoms. The number of hydrogen-bond acceptors (Lipinski definition) is 2. The average molecular weight is 223 g/mol. The van der Waals surface area contributed by atoms with E-state index in [9.17, 15) is 0 Å². The summed E-state index contributed by atoms with van der Waals surface area (Å²) in [4.78, 5) is 0. The second-order valence-corrected chi connectivity index (χ2v) is 3.99. The van der Waals surface area contributed by atoms with Crippen LogP contribution in [-0.2, 0) is 6.54 Å². The number of benzene rings is 2. The van der Waals surface area contributed by atoms with Crippen molar-refractivity contribution in [2.75, 3.05) is 0 Å². The highest BCUT2D eigenvalue weighted by molar-refractivity contribution is 5.80. The van der Waals surface area contributed by atoms with Gasteiger partial charge in [-0.1, -0.05) is 30.3 Å². The van der Waals surface area contributed by atoms with Crippen LogP contribution >= 0.6 is 0 Å². The molecule has 3 aromatic rings. The maximum absolute atomic E-state index is 5.67. The summed E-state index contributed by atoms with van der Waals surface area (Å²) < 4.78 is 1.94. The fourth-order valence-electron chi connectivity index (χ4n) is 1.97. The fourth-order valence-corrected chi connectivity index (χ4v) is 1.97. The molecule has 17 heavy (non-hydrogen) atoms. The second-order valence-electron chi connectivity index (χ2n) is 3.99. The van der Waals surface area contributed by atoms with Gasteiger partial charge in [-0.15, -0.1) is 0 Å². The zero-order chi connectivity index (χ0) is 11.7. The number of nitrogens with zero attached hydrogens (tertiary/aromatic N) is 2. The third kappa shape index (κ3) is 1.70. The maximum Gasteiger partial charge on any atom is 0.0744 e. The molecule has 0 saturated heterocycles. The normalized spacial score (nSPS) is 10.9. The molecule has 1 heterocycles. The minimum Gasteiger partial charge on any atom is -0.326 e. The van der Waals surface area contributed by atoms with Crippen LogP contribution in [0.1, 0.15) is 5.56 Å². The summed E-state index contributed by atoms with van der Waals surface area (Å²) in [5.41, 5.74) is 8.95. The molecule has 0 aliphatic rings. The molecule has 0 bridgehead atoms. The topological polar surface area (TPSA) is 43.8 Å². The van der Waals surface area contributed by atoms with E-state index in [4.69, 9.17) is 5.73 Å². The smallest absolute Gasteiger partial charge is 0.0744 e. The van der Waals surface area contributed by atoms with Crippen LogP contribution in [0.5, 0.6) is 0 Å². The Morgan fingerprint density at radius 1 is 1.06 bits per heavy atom. The Labute approximate surface area is 99.5 Å². The Hall–Kier alpha value is -2.13. The van der Waals surface area contributed by atoms with Crippen LogP contribution in [0.2, 0.25) is 0 Å². The van der Waals surface area contributed by atoms with E-state index in [0.717, 1.165) is 22.2 Å². The van der Waals surface area contributed by atoms with Crippen LogP contribution in [0.4, 0.5) is 0 Å². The fraction of sp³-hybridized carbons (Fsp3) is 0.0714. The average Bonchev–Trinajstić information content (AvgIpc) is 2.82. The summed E-state index contributed by atoms with van der Waals surface area (Å²) in [7, 11) is 0. The van der Waals surface area contributed by atoms with Crippen LogP contribution < -0.4 is 5.73 Å². The van der Waals surface area contributed by atoms with Gasteiger partial charge in [-0.25, -0.2) is 4.68 Å². The summed E-state index contributed by atoms with van der Waals surface area (Å²) in [6.07, 6.45) is 1.88. The summed E-state index contributed by atoms with van der Waals surface area (Å²) >= 11 is 0. The Balaban J connectivity index is 2.23. The Kier molecular flexibility index (Phi) is 2.38. The van der Waals surface area contributed by atoms with E-state index < -0.39 is 0 Å². The summed E-state index contributed by atoms with van der Waals surface area (Å²) in [6.45, 7) is 0.551. The van der Waals surface area contributed by atoms with Gasteiger partial charge in [0.05, 0.1) is 17.4 Å². The first kappa shape index (κ1) is 10.1. The molecule has 0 unspecified atom stereocenters. The zero-order valence-corrected chi connectivity index (χ0v) is 9.38. The largest absolute Gasteiger partial charge is 0.326 e. The molecule has 1 aromatic heterocycles. The first-order valence-electron chi connectivity index (χ1n) is 5.60. The van der Waals surface area contributed by atoms with Crippen molar-refractivity contribution in [3.05, 3.63) is 60.3 Å². The molecule has 0 atom stereocenters. The van der Waals surface area contributed by atoms with E-state index in [1.807, 2.05) is 47.3 Å². The monoisotopic (exact) mass is 223 g/mol. The lowest BCUT2D eigenvalue weighted by Gasteiger charge is -2.04. The van der Waals surface area contributed by atoms with E-state index in [1.54, 1.807) is 0 Å². The number of aromatic nitrogens is 2. The minimum atomic E-state index is 0.551. The highest BCUT2D eigenvalue weighted by Crippen LogP contribution is 2.19. The third-order valence-electron chi connectivity index (χ3n) is 2.87. The molecule has 3 rings (SSSR count). The van der Waals surface area contributed by atoms with Crippen LogP contribution in [0.25, 0.3) is 16.6 Å². The van der Waals surface area contributed by atoms with E-state index in [-0.39, 0.29) is 0 Å². The maximum atomic E-state index is 5.67. The quantitative estimate of drug-likeness (QED) is 0.725. The molecule has 3 nitrogen and oxygen atoms in total. The van der Waals surface area contributed by atoms with Crippen LogP contribution in [-0.4, -0.2) is 9.78 Å².